The Morgan fingerprint density at radius 3 is 2.42 bits per heavy atom. The largest absolute Gasteiger partial charge is 0.495 e. The van der Waals surface area contributed by atoms with Crippen LogP contribution in [0.5, 0.6) is 5.75 Å². The summed E-state index contributed by atoms with van der Waals surface area (Å²) >= 11 is 6.07. The van der Waals surface area contributed by atoms with E-state index in [9.17, 15) is 18.3 Å². The first-order valence-corrected chi connectivity index (χ1v) is 11.1. The monoisotopic (exact) mass is 460 g/mol. The van der Waals surface area contributed by atoms with E-state index in [0.29, 0.717) is 18.0 Å². The molecule has 7 nitrogen and oxygen atoms in total. The van der Waals surface area contributed by atoms with Crippen molar-refractivity contribution in [2.24, 2.45) is 0 Å². The molecule has 0 bridgehead atoms. The molecule has 3 aromatic carbocycles. The number of anilines is 2. The van der Waals surface area contributed by atoms with Crippen molar-refractivity contribution in [3.63, 3.8) is 0 Å². The van der Waals surface area contributed by atoms with Crippen molar-refractivity contribution in [2.45, 2.75) is 11.4 Å². The van der Waals surface area contributed by atoms with Crippen LogP contribution >= 0.6 is 11.6 Å². The molecule has 0 unspecified atom stereocenters. The number of rotatable bonds is 8. The number of nitrogens with one attached hydrogen (secondary N) is 1. The van der Waals surface area contributed by atoms with Crippen molar-refractivity contribution >= 4 is 39.0 Å². The molecule has 0 aliphatic heterocycles. The Morgan fingerprint density at radius 1 is 1.10 bits per heavy atom. The summed E-state index contributed by atoms with van der Waals surface area (Å²) in [5.74, 6) is -0.818. The van der Waals surface area contributed by atoms with E-state index in [2.05, 4.69) is 4.72 Å². The number of hydrogen-bond donors (Lipinski definition) is 2. The number of carbonyl (C=O) groups is 1. The average molecular weight is 461 g/mol. The molecule has 0 atom stereocenters. The number of carboxylic acids is 1. The van der Waals surface area contributed by atoms with Crippen LogP contribution in [0.2, 0.25) is 5.02 Å². The van der Waals surface area contributed by atoms with E-state index >= 15 is 0 Å². The fourth-order valence-corrected chi connectivity index (χ4v) is 4.46. The normalized spacial score (nSPS) is 11.1. The topological polar surface area (TPSA) is 95.9 Å². The summed E-state index contributed by atoms with van der Waals surface area (Å²) in [7, 11) is -0.815. The summed E-state index contributed by atoms with van der Waals surface area (Å²) in [4.78, 5) is 13.2. The summed E-state index contributed by atoms with van der Waals surface area (Å²) in [6.45, 7) is 0.496. The molecule has 0 aliphatic carbocycles. The summed E-state index contributed by atoms with van der Waals surface area (Å²) in [6.07, 6.45) is 0. The summed E-state index contributed by atoms with van der Waals surface area (Å²) in [6, 6.07) is 18.0. The first-order chi connectivity index (χ1) is 14.7. The van der Waals surface area contributed by atoms with Gasteiger partial charge in [0.1, 0.15) is 5.75 Å². The maximum Gasteiger partial charge on any atom is 0.335 e. The lowest BCUT2D eigenvalue weighted by Crippen LogP contribution is -2.21. The molecule has 0 radical (unpaired) electrons. The minimum absolute atomic E-state index is 0.0395. The number of sulfonamides is 1. The summed E-state index contributed by atoms with van der Waals surface area (Å²) in [5.41, 5.74) is 1.65. The van der Waals surface area contributed by atoms with Crippen LogP contribution in [0, 0.1) is 0 Å². The molecule has 2 N–H and O–H groups in total. The first-order valence-electron chi connectivity index (χ1n) is 9.20. The fraction of sp³-hybridized carbons (Fsp3) is 0.136. The van der Waals surface area contributed by atoms with Crippen LogP contribution in [-0.4, -0.2) is 33.7 Å². The van der Waals surface area contributed by atoms with Crippen LogP contribution in [0.4, 0.5) is 11.4 Å². The van der Waals surface area contributed by atoms with Gasteiger partial charge >= 0.3 is 5.97 Å². The number of halogens is 1. The number of nitrogens with zero attached hydrogens (tertiary/aromatic N) is 1. The van der Waals surface area contributed by atoms with E-state index in [-0.39, 0.29) is 21.2 Å². The zero-order valence-electron chi connectivity index (χ0n) is 16.9. The minimum atomic E-state index is -4.04. The van der Waals surface area contributed by atoms with Gasteiger partial charge in [-0.2, -0.15) is 0 Å². The van der Waals surface area contributed by atoms with E-state index < -0.39 is 16.0 Å². The van der Waals surface area contributed by atoms with E-state index in [1.807, 2.05) is 35.2 Å². The predicted molar refractivity (Wildman–Crippen MR) is 121 cm³/mol. The van der Waals surface area contributed by atoms with Crippen molar-refractivity contribution in [2.75, 3.05) is 23.8 Å². The average Bonchev–Trinajstić information content (AvgIpc) is 2.74. The Labute approximate surface area is 185 Å². The number of benzene rings is 3. The molecule has 162 valence electrons. The number of hydrogen-bond acceptors (Lipinski definition) is 5. The second kappa shape index (κ2) is 9.28. The molecule has 3 aromatic rings. The van der Waals surface area contributed by atoms with Gasteiger partial charge in [0, 0.05) is 13.6 Å². The van der Waals surface area contributed by atoms with Gasteiger partial charge < -0.3 is 14.7 Å². The Hall–Kier alpha value is -3.23. The van der Waals surface area contributed by atoms with Gasteiger partial charge in [0.05, 0.1) is 34.0 Å². The molecule has 0 amide bonds. The Morgan fingerprint density at radius 2 is 1.81 bits per heavy atom. The number of methoxy groups -OCH3 is 1. The summed E-state index contributed by atoms with van der Waals surface area (Å²) < 4.78 is 33.5. The van der Waals surface area contributed by atoms with Gasteiger partial charge in [0.2, 0.25) is 0 Å². The highest BCUT2D eigenvalue weighted by Crippen LogP contribution is 2.32. The van der Waals surface area contributed by atoms with E-state index in [1.54, 1.807) is 13.1 Å². The van der Waals surface area contributed by atoms with Gasteiger partial charge in [-0.1, -0.05) is 41.9 Å². The lowest BCUT2D eigenvalue weighted by Gasteiger charge is -2.23. The Balaban J connectivity index is 1.98. The predicted octanol–water partition coefficient (Wildman–Crippen LogP) is 4.48. The Kier molecular flexibility index (Phi) is 6.72. The smallest absolute Gasteiger partial charge is 0.335 e. The highest BCUT2D eigenvalue weighted by atomic mass is 35.5. The quantitative estimate of drug-likeness (QED) is 0.514. The zero-order chi connectivity index (χ0) is 22.6. The maximum absolute atomic E-state index is 13.0. The van der Waals surface area contributed by atoms with Gasteiger partial charge in [0.25, 0.3) is 10.0 Å². The standard InChI is InChI=1S/C22H21ClN2O5S/c1-25(14-15-6-4-3-5-7-15)20-10-8-16(22(26)27)12-19(20)24-31(28,29)17-9-11-21(30-2)18(23)13-17/h3-13,24H,14H2,1-2H3,(H,26,27). The molecule has 0 heterocycles. The third-order valence-corrected chi connectivity index (χ3v) is 6.25. The van der Waals surface area contributed by atoms with Gasteiger partial charge in [-0.05, 0) is 42.0 Å². The molecule has 3 rings (SSSR count). The van der Waals surface area contributed by atoms with E-state index in [4.69, 9.17) is 16.3 Å². The van der Waals surface area contributed by atoms with Crippen LogP contribution in [-0.2, 0) is 16.6 Å². The van der Waals surface area contributed by atoms with Crippen molar-refractivity contribution in [1.82, 2.24) is 0 Å². The van der Waals surface area contributed by atoms with E-state index in [0.717, 1.165) is 5.56 Å². The fourth-order valence-electron chi connectivity index (χ4n) is 3.04. The van der Waals surface area contributed by atoms with E-state index in [1.165, 1.54) is 37.4 Å². The van der Waals surface area contributed by atoms with Crippen molar-refractivity contribution in [1.29, 1.82) is 0 Å². The summed E-state index contributed by atoms with van der Waals surface area (Å²) in [5, 5.41) is 9.51. The molecule has 0 aromatic heterocycles. The van der Waals surface area contributed by atoms with Crippen LogP contribution in [0.25, 0.3) is 0 Å². The molecule has 0 saturated heterocycles. The third-order valence-electron chi connectivity index (χ3n) is 4.60. The van der Waals surface area contributed by atoms with Crippen molar-refractivity contribution < 1.29 is 23.1 Å². The minimum Gasteiger partial charge on any atom is -0.495 e. The zero-order valence-corrected chi connectivity index (χ0v) is 18.4. The highest BCUT2D eigenvalue weighted by molar-refractivity contribution is 7.92. The second-order valence-corrected chi connectivity index (χ2v) is 8.87. The number of carboxylic acid groups (broad SMARTS) is 1. The highest BCUT2D eigenvalue weighted by Gasteiger charge is 2.20. The molecule has 0 aliphatic rings. The van der Waals surface area contributed by atoms with Crippen LogP contribution in [0.15, 0.2) is 71.6 Å². The Bertz CT molecular complexity index is 1200. The van der Waals surface area contributed by atoms with Gasteiger partial charge in [0.15, 0.2) is 0 Å². The van der Waals surface area contributed by atoms with Crippen LogP contribution in [0.1, 0.15) is 15.9 Å². The van der Waals surface area contributed by atoms with Gasteiger partial charge in [-0.25, -0.2) is 13.2 Å². The molecular weight excluding hydrogens is 440 g/mol. The molecule has 9 heteroatoms. The second-order valence-electron chi connectivity index (χ2n) is 6.78. The molecule has 0 saturated carbocycles. The van der Waals surface area contributed by atoms with Crippen LogP contribution in [0.3, 0.4) is 0 Å². The lowest BCUT2D eigenvalue weighted by molar-refractivity contribution is 0.0697. The molecule has 0 fully saturated rings. The molecule has 0 spiro atoms. The number of aromatic carboxylic acids is 1. The van der Waals surface area contributed by atoms with Crippen molar-refractivity contribution in [3.05, 3.63) is 82.9 Å². The van der Waals surface area contributed by atoms with Crippen LogP contribution < -0.4 is 14.4 Å². The third kappa shape index (κ3) is 5.28. The maximum atomic E-state index is 13.0. The number of ether oxygens (including phenoxy) is 1. The van der Waals surface area contributed by atoms with Crippen molar-refractivity contribution in [3.8, 4) is 5.75 Å². The lowest BCUT2D eigenvalue weighted by atomic mass is 10.1. The van der Waals surface area contributed by atoms with Gasteiger partial charge in [-0.3, -0.25) is 4.72 Å². The molecule has 31 heavy (non-hydrogen) atoms. The van der Waals surface area contributed by atoms with Gasteiger partial charge in [-0.15, -0.1) is 0 Å². The SMILES string of the molecule is COc1ccc(S(=O)(=O)Nc2cc(C(=O)O)ccc2N(C)Cc2ccccc2)cc1Cl. The molecular formula is C22H21ClN2O5S. The first kappa shape index (κ1) is 22.5.